The van der Waals surface area contributed by atoms with E-state index in [1.54, 1.807) is 0 Å². The molecule has 0 aromatic heterocycles. The molecule has 3 unspecified atom stereocenters. The van der Waals surface area contributed by atoms with Crippen LogP contribution in [0.1, 0.15) is 46.5 Å². The number of hydrogen-bond donors (Lipinski definition) is 2. The minimum atomic E-state index is 0.321. The summed E-state index contributed by atoms with van der Waals surface area (Å²) in [6, 6.07) is 0. The second kappa shape index (κ2) is 10.1. The number of likely N-dealkylation sites (tertiary alicyclic amines) is 1. The molecule has 23 heavy (non-hydrogen) atoms. The zero-order valence-electron chi connectivity index (χ0n) is 15.3. The van der Waals surface area contributed by atoms with Crippen LogP contribution in [0.3, 0.4) is 0 Å². The van der Waals surface area contributed by atoms with Crippen LogP contribution in [0.5, 0.6) is 0 Å². The van der Waals surface area contributed by atoms with Crippen molar-refractivity contribution in [3.8, 4) is 0 Å². The fraction of sp³-hybridized carbons (Fsp3) is 0.944. The van der Waals surface area contributed by atoms with Crippen molar-refractivity contribution in [3.63, 3.8) is 0 Å². The Balaban J connectivity index is 1.64. The lowest BCUT2D eigenvalue weighted by Gasteiger charge is -2.35. The summed E-state index contributed by atoms with van der Waals surface area (Å²) in [5, 5.41) is 6.79. The summed E-state index contributed by atoms with van der Waals surface area (Å²) in [5.74, 6) is 2.62. The average molecular weight is 325 g/mol. The van der Waals surface area contributed by atoms with Crippen molar-refractivity contribution in [3.05, 3.63) is 0 Å². The molecule has 5 heteroatoms. The molecule has 2 N–H and O–H groups in total. The molecule has 2 saturated heterocycles. The zero-order valence-corrected chi connectivity index (χ0v) is 15.3. The summed E-state index contributed by atoms with van der Waals surface area (Å²) in [5.41, 5.74) is 0. The Morgan fingerprint density at radius 2 is 2.00 bits per heavy atom. The molecule has 0 bridgehead atoms. The fourth-order valence-corrected chi connectivity index (χ4v) is 3.81. The maximum Gasteiger partial charge on any atom is 0.191 e. The van der Waals surface area contributed by atoms with Crippen LogP contribution >= 0.6 is 0 Å². The fourth-order valence-electron chi connectivity index (χ4n) is 3.81. The molecule has 0 amide bonds. The van der Waals surface area contributed by atoms with E-state index in [0.717, 1.165) is 50.5 Å². The number of piperidine rings is 1. The van der Waals surface area contributed by atoms with Crippen molar-refractivity contribution < 1.29 is 4.74 Å². The summed E-state index contributed by atoms with van der Waals surface area (Å²) in [6.45, 7) is 14.1. The molecule has 0 saturated carbocycles. The second-order valence-electron chi connectivity index (χ2n) is 7.34. The van der Waals surface area contributed by atoms with Crippen LogP contribution < -0.4 is 10.6 Å². The lowest BCUT2D eigenvalue weighted by Crippen LogP contribution is -2.42. The predicted octanol–water partition coefficient (Wildman–Crippen LogP) is 2.09. The summed E-state index contributed by atoms with van der Waals surface area (Å²) >= 11 is 0. The second-order valence-corrected chi connectivity index (χ2v) is 7.34. The highest BCUT2D eigenvalue weighted by molar-refractivity contribution is 5.79. The first-order valence-electron chi connectivity index (χ1n) is 9.53. The minimum Gasteiger partial charge on any atom is -0.376 e. The van der Waals surface area contributed by atoms with E-state index in [4.69, 9.17) is 4.74 Å². The number of guanidine groups is 1. The van der Waals surface area contributed by atoms with Crippen molar-refractivity contribution in [2.24, 2.45) is 16.8 Å². The zero-order chi connectivity index (χ0) is 16.5. The summed E-state index contributed by atoms with van der Waals surface area (Å²) in [7, 11) is 0. The van der Waals surface area contributed by atoms with Crippen LogP contribution in [0.25, 0.3) is 0 Å². The Morgan fingerprint density at radius 1 is 1.22 bits per heavy atom. The SMILES string of the molecule is CCNC(=NCC1CCCO1)NCCCN1CC(C)CC(C)C1. The highest BCUT2D eigenvalue weighted by atomic mass is 16.5. The Bertz CT molecular complexity index is 345. The van der Waals surface area contributed by atoms with Crippen LogP contribution in [-0.4, -0.2) is 62.8 Å². The molecule has 0 radical (unpaired) electrons. The Kier molecular flexibility index (Phi) is 8.17. The first kappa shape index (κ1) is 18.5. The molecule has 2 fully saturated rings. The van der Waals surface area contributed by atoms with E-state index in [1.807, 2.05) is 0 Å². The number of rotatable bonds is 7. The minimum absolute atomic E-state index is 0.321. The standard InChI is InChI=1S/C18H36N4O/c1-4-19-18(21-12-17-7-5-10-23-17)20-8-6-9-22-13-15(2)11-16(3)14-22/h15-17H,4-14H2,1-3H3,(H2,19,20,21). The van der Waals surface area contributed by atoms with Crippen LogP contribution in [0.2, 0.25) is 0 Å². The van der Waals surface area contributed by atoms with Gasteiger partial charge >= 0.3 is 0 Å². The van der Waals surface area contributed by atoms with E-state index in [-0.39, 0.29) is 0 Å². The highest BCUT2D eigenvalue weighted by Gasteiger charge is 2.21. The van der Waals surface area contributed by atoms with Gasteiger partial charge in [-0.2, -0.15) is 0 Å². The third-order valence-corrected chi connectivity index (χ3v) is 4.71. The molecule has 5 nitrogen and oxygen atoms in total. The lowest BCUT2D eigenvalue weighted by molar-refractivity contribution is 0.117. The van der Waals surface area contributed by atoms with E-state index in [0.29, 0.717) is 6.10 Å². The summed E-state index contributed by atoms with van der Waals surface area (Å²) in [6.07, 6.45) is 5.20. The third kappa shape index (κ3) is 7.08. The van der Waals surface area contributed by atoms with Crippen LogP contribution in [0.4, 0.5) is 0 Å². The van der Waals surface area contributed by atoms with Gasteiger partial charge in [0.15, 0.2) is 5.96 Å². The maximum atomic E-state index is 5.64. The molecule has 0 aromatic carbocycles. The van der Waals surface area contributed by atoms with Gasteiger partial charge in [0.25, 0.3) is 0 Å². The van der Waals surface area contributed by atoms with E-state index in [9.17, 15) is 0 Å². The molecule has 2 heterocycles. The molecule has 134 valence electrons. The maximum absolute atomic E-state index is 5.64. The Morgan fingerprint density at radius 3 is 2.65 bits per heavy atom. The van der Waals surface area contributed by atoms with E-state index >= 15 is 0 Å². The average Bonchev–Trinajstić information content (AvgIpc) is 3.01. The van der Waals surface area contributed by atoms with Crippen molar-refractivity contribution in [2.75, 3.05) is 45.9 Å². The quantitative estimate of drug-likeness (QED) is 0.428. The number of hydrogen-bond acceptors (Lipinski definition) is 3. The number of aliphatic imine (C=N–C) groups is 1. The van der Waals surface area contributed by atoms with Crippen LogP contribution in [0.15, 0.2) is 4.99 Å². The Labute approximate surface area is 142 Å². The van der Waals surface area contributed by atoms with Gasteiger partial charge < -0.3 is 20.3 Å². The largest absolute Gasteiger partial charge is 0.376 e. The van der Waals surface area contributed by atoms with Gasteiger partial charge in [0, 0.05) is 32.8 Å². The molecule has 2 aliphatic heterocycles. The highest BCUT2D eigenvalue weighted by Crippen LogP contribution is 2.20. The lowest BCUT2D eigenvalue weighted by atomic mass is 9.92. The van der Waals surface area contributed by atoms with Gasteiger partial charge in [0.2, 0.25) is 0 Å². The molecule has 0 aliphatic carbocycles. The van der Waals surface area contributed by atoms with Crippen LogP contribution in [0, 0.1) is 11.8 Å². The monoisotopic (exact) mass is 324 g/mol. The van der Waals surface area contributed by atoms with E-state index < -0.39 is 0 Å². The van der Waals surface area contributed by atoms with Crippen molar-refractivity contribution in [1.29, 1.82) is 0 Å². The smallest absolute Gasteiger partial charge is 0.191 e. The van der Waals surface area contributed by atoms with Crippen molar-refractivity contribution >= 4 is 5.96 Å². The predicted molar refractivity (Wildman–Crippen MR) is 97.0 cm³/mol. The van der Waals surface area contributed by atoms with Gasteiger partial charge in [0.1, 0.15) is 0 Å². The number of nitrogens with one attached hydrogen (secondary N) is 2. The van der Waals surface area contributed by atoms with Crippen molar-refractivity contribution in [1.82, 2.24) is 15.5 Å². The number of ether oxygens (including phenoxy) is 1. The molecule has 0 aromatic rings. The molecular weight excluding hydrogens is 288 g/mol. The molecule has 3 atom stereocenters. The van der Waals surface area contributed by atoms with Gasteiger partial charge in [-0.3, -0.25) is 4.99 Å². The molecule has 0 spiro atoms. The van der Waals surface area contributed by atoms with Gasteiger partial charge in [-0.1, -0.05) is 13.8 Å². The Hall–Kier alpha value is -0.810. The topological polar surface area (TPSA) is 48.9 Å². The summed E-state index contributed by atoms with van der Waals surface area (Å²) < 4.78 is 5.64. The molecular formula is C18H36N4O. The normalized spacial score (nSPS) is 29.7. The first-order chi connectivity index (χ1) is 11.2. The molecule has 2 aliphatic rings. The number of nitrogens with zero attached hydrogens (tertiary/aromatic N) is 2. The van der Waals surface area contributed by atoms with Gasteiger partial charge in [0.05, 0.1) is 12.6 Å². The van der Waals surface area contributed by atoms with E-state index in [2.05, 4.69) is 41.3 Å². The van der Waals surface area contributed by atoms with Gasteiger partial charge in [-0.05, 0) is 51.0 Å². The van der Waals surface area contributed by atoms with Crippen LogP contribution in [-0.2, 0) is 4.74 Å². The van der Waals surface area contributed by atoms with Crippen molar-refractivity contribution in [2.45, 2.75) is 52.6 Å². The molecule has 2 rings (SSSR count). The van der Waals surface area contributed by atoms with Gasteiger partial charge in [-0.25, -0.2) is 0 Å². The summed E-state index contributed by atoms with van der Waals surface area (Å²) in [4.78, 5) is 7.28. The van der Waals surface area contributed by atoms with E-state index in [1.165, 1.54) is 38.9 Å². The first-order valence-corrected chi connectivity index (χ1v) is 9.53. The van der Waals surface area contributed by atoms with Gasteiger partial charge in [-0.15, -0.1) is 0 Å². The third-order valence-electron chi connectivity index (χ3n) is 4.71.